The van der Waals surface area contributed by atoms with Crippen LogP contribution in [0.4, 0.5) is 27.4 Å². The lowest BCUT2D eigenvalue weighted by molar-refractivity contribution is -0.383. The smallest absolute Gasteiger partial charge is 0.294 e. The number of ether oxygens (including phenoxy) is 1. The number of anilines is 3. The predicted molar refractivity (Wildman–Crippen MR) is 94.3 cm³/mol. The van der Waals surface area contributed by atoms with Gasteiger partial charge in [0.1, 0.15) is 17.3 Å². The highest BCUT2D eigenvalue weighted by Crippen LogP contribution is 2.38. The molecule has 3 N–H and O–H groups in total. The Morgan fingerprint density at radius 2 is 1.85 bits per heavy atom. The molecule has 0 aliphatic heterocycles. The van der Waals surface area contributed by atoms with Crippen LogP contribution in [0.5, 0.6) is 11.5 Å². The van der Waals surface area contributed by atoms with E-state index in [1.165, 1.54) is 48.8 Å². The highest BCUT2D eigenvalue weighted by Gasteiger charge is 2.18. The lowest BCUT2D eigenvalue weighted by atomic mass is 10.2. The zero-order valence-electron chi connectivity index (χ0n) is 13.0. The maximum atomic E-state index is 13.0. The summed E-state index contributed by atoms with van der Waals surface area (Å²) in [6, 6.07) is 7.76. The van der Waals surface area contributed by atoms with Crippen molar-refractivity contribution in [3.63, 3.8) is 0 Å². The Kier molecular flexibility index (Phi) is 4.81. The van der Waals surface area contributed by atoms with Gasteiger partial charge in [-0.05, 0) is 24.3 Å². The molecule has 3 rings (SSSR count). The number of nitro benzene ring substituents is 1. The van der Waals surface area contributed by atoms with Crippen LogP contribution in [-0.2, 0) is 0 Å². The van der Waals surface area contributed by atoms with E-state index < -0.39 is 10.7 Å². The largest absolute Gasteiger partial charge is 0.455 e. The molecule has 3 aromatic rings. The lowest BCUT2D eigenvalue weighted by Gasteiger charge is -2.13. The minimum atomic E-state index is -0.620. The quantitative estimate of drug-likeness (QED) is 0.388. The van der Waals surface area contributed by atoms with Crippen LogP contribution >= 0.6 is 11.6 Å². The van der Waals surface area contributed by atoms with Gasteiger partial charge < -0.3 is 15.8 Å². The number of nitro groups is 1. The normalized spacial score (nSPS) is 10.4. The third-order valence-electron chi connectivity index (χ3n) is 3.23. The van der Waals surface area contributed by atoms with Gasteiger partial charge >= 0.3 is 0 Å². The number of benzene rings is 2. The number of hydrogen-bond acceptors (Lipinski definition) is 7. The number of rotatable bonds is 5. The molecule has 0 amide bonds. The van der Waals surface area contributed by atoms with Crippen LogP contribution in [0.15, 0.2) is 48.8 Å². The van der Waals surface area contributed by atoms with Gasteiger partial charge in [0.25, 0.3) is 5.69 Å². The molecular formula is C16H11ClFN5O3. The van der Waals surface area contributed by atoms with Crippen molar-refractivity contribution in [3.05, 3.63) is 69.7 Å². The Morgan fingerprint density at radius 1 is 1.19 bits per heavy atom. The van der Waals surface area contributed by atoms with Crippen molar-refractivity contribution >= 4 is 34.6 Å². The van der Waals surface area contributed by atoms with Crippen LogP contribution in [-0.4, -0.2) is 14.9 Å². The first-order valence-corrected chi connectivity index (χ1v) is 7.56. The molecular weight excluding hydrogens is 365 g/mol. The monoisotopic (exact) mass is 375 g/mol. The van der Waals surface area contributed by atoms with Crippen molar-refractivity contribution in [2.24, 2.45) is 0 Å². The zero-order valence-corrected chi connectivity index (χ0v) is 13.8. The van der Waals surface area contributed by atoms with Crippen LogP contribution in [0.25, 0.3) is 0 Å². The van der Waals surface area contributed by atoms with E-state index in [-0.39, 0.29) is 28.8 Å². The molecule has 0 saturated carbocycles. The van der Waals surface area contributed by atoms with E-state index in [0.717, 1.165) is 0 Å². The highest BCUT2D eigenvalue weighted by atomic mass is 35.5. The Morgan fingerprint density at radius 3 is 2.46 bits per heavy atom. The van der Waals surface area contributed by atoms with Crippen LogP contribution < -0.4 is 15.8 Å². The summed E-state index contributed by atoms with van der Waals surface area (Å²) in [5, 5.41) is 14.3. The minimum Gasteiger partial charge on any atom is -0.455 e. The van der Waals surface area contributed by atoms with Crippen LogP contribution in [0, 0.1) is 15.9 Å². The van der Waals surface area contributed by atoms with Crippen molar-refractivity contribution in [1.82, 2.24) is 9.97 Å². The van der Waals surface area contributed by atoms with Crippen molar-refractivity contribution < 1.29 is 14.1 Å². The Balaban J connectivity index is 2.00. The summed E-state index contributed by atoms with van der Waals surface area (Å²) >= 11 is 5.74. The van der Waals surface area contributed by atoms with Gasteiger partial charge in [-0.25, -0.2) is 14.4 Å². The van der Waals surface area contributed by atoms with Crippen LogP contribution in [0.3, 0.4) is 0 Å². The summed E-state index contributed by atoms with van der Waals surface area (Å²) in [5.41, 5.74) is 5.53. The van der Waals surface area contributed by atoms with Gasteiger partial charge in [0.2, 0.25) is 5.95 Å². The summed E-state index contributed by atoms with van der Waals surface area (Å²) in [7, 11) is 0. The molecule has 0 unspecified atom stereocenters. The number of nitrogens with zero attached hydrogens (tertiary/aromatic N) is 3. The number of hydrogen-bond donors (Lipinski definition) is 2. The van der Waals surface area contributed by atoms with E-state index in [9.17, 15) is 14.5 Å². The first-order valence-electron chi connectivity index (χ1n) is 7.18. The summed E-state index contributed by atoms with van der Waals surface area (Å²) in [5.74, 6) is 0.226. The fourth-order valence-electron chi connectivity index (χ4n) is 2.05. The summed E-state index contributed by atoms with van der Waals surface area (Å²) < 4.78 is 18.7. The third kappa shape index (κ3) is 3.95. The van der Waals surface area contributed by atoms with Gasteiger partial charge in [-0.1, -0.05) is 11.6 Å². The molecule has 10 heteroatoms. The second-order valence-corrected chi connectivity index (χ2v) is 5.51. The molecule has 0 atom stereocenters. The molecule has 0 radical (unpaired) electrons. The third-order valence-corrected chi connectivity index (χ3v) is 3.43. The molecule has 1 aromatic heterocycles. The number of nitrogens with two attached hydrogens (primary N) is 1. The van der Waals surface area contributed by atoms with Gasteiger partial charge in [-0.2, -0.15) is 0 Å². The maximum Gasteiger partial charge on any atom is 0.294 e. The Labute approximate surface area is 151 Å². The molecule has 26 heavy (non-hydrogen) atoms. The molecule has 0 aliphatic carbocycles. The molecule has 0 fully saturated rings. The van der Waals surface area contributed by atoms with Crippen molar-refractivity contribution in [2.45, 2.75) is 0 Å². The summed E-state index contributed by atoms with van der Waals surface area (Å²) in [6.45, 7) is 0. The lowest BCUT2D eigenvalue weighted by Crippen LogP contribution is -2.02. The fourth-order valence-corrected chi connectivity index (χ4v) is 2.15. The Bertz CT molecular complexity index is 951. The topological polar surface area (TPSA) is 116 Å². The van der Waals surface area contributed by atoms with E-state index in [2.05, 4.69) is 15.3 Å². The molecule has 132 valence electrons. The summed E-state index contributed by atoms with van der Waals surface area (Å²) in [4.78, 5) is 18.5. The van der Waals surface area contributed by atoms with E-state index in [1.54, 1.807) is 0 Å². The fraction of sp³-hybridized carbons (Fsp3) is 0. The molecule has 0 bridgehead atoms. The molecule has 0 spiro atoms. The maximum absolute atomic E-state index is 13.0. The van der Waals surface area contributed by atoms with Crippen molar-refractivity contribution in [3.8, 4) is 11.5 Å². The van der Waals surface area contributed by atoms with E-state index in [0.29, 0.717) is 10.8 Å². The number of halogens is 2. The molecule has 0 saturated heterocycles. The van der Waals surface area contributed by atoms with Crippen LogP contribution in [0.2, 0.25) is 5.02 Å². The SMILES string of the molecule is Nc1cc(Oc2ccc(F)cc2)c(Nc2ncc(Cl)cn2)cc1[N+](=O)[O-]. The van der Waals surface area contributed by atoms with E-state index >= 15 is 0 Å². The molecule has 0 aliphatic rings. The van der Waals surface area contributed by atoms with Gasteiger partial charge in [0.05, 0.1) is 28.0 Å². The first-order chi connectivity index (χ1) is 12.4. The van der Waals surface area contributed by atoms with E-state index in [4.69, 9.17) is 22.1 Å². The van der Waals surface area contributed by atoms with Crippen molar-refractivity contribution in [2.75, 3.05) is 11.1 Å². The highest BCUT2D eigenvalue weighted by molar-refractivity contribution is 6.30. The molecule has 2 aromatic carbocycles. The minimum absolute atomic E-state index is 0.0883. The molecule has 8 nitrogen and oxygen atoms in total. The number of nitrogen functional groups attached to an aromatic ring is 1. The Hall–Kier alpha value is -3.46. The number of aromatic nitrogens is 2. The first kappa shape index (κ1) is 17.4. The van der Waals surface area contributed by atoms with Gasteiger partial charge in [0, 0.05) is 12.1 Å². The second kappa shape index (κ2) is 7.19. The average molecular weight is 376 g/mol. The van der Waals surface area contributed by atoms with E-state index in [1.807, 2.05) is 0 Å². The second-order valence-electron chi connectivity index (χ2n) is 5.07. The average Bonchev–Trinajstić information content (AvgIpc) is 2.60. The van der Waals surface area contributed by atoms with Crippen LogP contribution in [0.1, 0.15) is 0 Å². The van der Waals surface area contributed by atoms with Gasteiger partial charge in [0.15, 0.2) is 5.75 Å². The molecule has 1 heterocycles. The predicted octanol–water partition coefficient (Wildman–Crippen LogP) is 4.30. The van der Waals surface area contributed by atoms with Gasteiger partial charge in [-0.15, -0.1) is 0 Å². The van der Waals surface area contributed by atoms with Gasteiger partial charge in [-0.3, -0.25) is 10.1 Å². The van der Waals surface area contributed by atoms with Crippen molar-refractivity contribution in [1.29, 1.82) is 0 Å². The number of nitrogens with one attached hydrogen (secondary N) is 1. The zero-order chi connectivity index (χ0) is 18.7. The standard InChI is InChI=1S/C16H11ClFN5O3/c17-9-7-20-16(21-8-9)22-13-6-14(23(24)25)12(19)5-15(13)26-11-3-1-10(18)2-4-11/h1-8H,19H2,(H,20,21,22). The summed E-state index contributed by atoms with van der Waals surface area (Å²) in [6.07, 6.45) is 2.73.